The number of hydrogen-bond donors (Lipinski definition) is 0. The van der Waals surface area contributed by atoms with Gasteiger partial charge in [-0.2, -0.15) is 0 Å². The van der Waals surface area contributed by atoms with Crippen molar-refractivity contribution in [2.75, 3.05) is 30.9 Å². The fourth-order valence-electron chi connectivity index (χ4n) is 3.03. The molecule has 0 aliphatic carbocycles. The van der Waals surface area contributed by atoms with Gasteiger partial charge in [0.2, 0.25) is 0 Å². The molecule has 0 radical (unpaired) electrons. The van der Waals surface area contributed by atoms with Gasteiger partial charge in [-0.05, 0) is 56.1 Å². The molecule has 0 aliphatic rings. The van der Waals surface area contributed by atoms with Crippen LogP contribution < -0.4 is 9.04 Å². The van der Waals surface area contributed by atoms with Gasteiger partial charge in [0.15, 0.2) is 8.38 Å². The number of hydrogen-bond acceptors (Lipinski definition) is 5. The van der Waals surface area contributed by atoms with Crippen LogP contribution in [-0.2, 0) is 9.05 Å². The minimum Gasteiger partial charge on any atom is -0.496 e. The third kappa shape index (κ3) is 5.94. The number of halogens is 2. The molecule has 0 bridgehead atoms. The van der Waals surface area contributed by atoms with E-state index in [1.165, 1.54) is 0 Å². The zero-order chi connectivity index (χ0) is 21.5. The van der Waals surface area contributed by atoms with Crippen LogP contribution in [-0.4, -0.2) is 26.6 Å². The quantitative estimate of drug-likeness (QED) is 0.215. The molecular weight excluding hydrogens is 460 g/mol. The normalized spacial score (nSPS) is 11.3. The minimum atomic E-state index is -1.09. The summed E-state index contributed by atoms with van der Waals surface area (Å²) in [6, 6.07) is 17.8. The molecule has 3 rings (SSSR count). The van der Waals surface area contributed by atoms with Crippen LogP contribution in [0.5, 0.6) is 5.75 Å². The van der Waals surface area contributed by atoms with Crippen LogP contribution in [0.2, 0.25) is 10.0 Å². The maximum atomic E-state index is 6.24. The highest BCUT2D eigenvalue weighted by atomic mass is 35.5. The number of nitrogens with zero attached hydrogens (tertiary/aromatic N) is 1. The van der Waals surface area contributed by atoms with Crippen LogP contribution in [0, 0.1) is 0 Å². The molecule has 0 N–H and O–H groups in total. The molecule has 0 amide bonds. The molecule has 0 fully saturated rings. The maximum Gasteiger partial charge on any atom is 0.192 e. The van der Waals surface area contributed by atoms with E-state index in [0.29, 0.717) is 29.5 Å². The molecule has 30 heavy (non-hydrogen) atoms. The van der Waals surface area contributed by atoms with Gasteiger partial charge in [-0.25, -0.2) is 0 Å². The summed E-state index contributed by atoms with van der Waals surface area (Å²) in [5.41, 5.74) is 1.04. The van der Waals surface area contributed by atoms with Crippen LogP contribution in [0.4, 0.5) is 5.69 Å². The van der Waals surface area contributed by atoms with E-state index in [-0.39, 0.29) is 0 Å². The first-order chi connectivity index (χ1) is 14.5. The molecule has 0 unspecified atom stereocenters. The molecular formula is C22H24Cl2NO3PS. The Labute approximate surface area is 193 Å². The Balaban J connectivity index is 2.05. The second-order valence-corrected chi connectivity index (χ2v) is 9.65. The number of ether oxygens (including phenoxy) is 1. The van der Waals surface area contributed by atoms with Gasteiger partial charge >= 0.3 is 0 Å². The van der Waals surface area contributed by atoms with Gasteiger partial charge in [-0.15, -0.1) is 0 Å². The largest absolute Gasteiger partial charge is 0.496 e. The lowest BCUT2D eigenvalue weighted by molar-refractivity contribution is 0.270. The van der Waals surface area contributed by atoms with Crippen LogP contribution in [0.1, 0.15) is 13.8 Å². The Morgan fingerprint density at radius 1 is 0.900 bits per heavy atom. The van der Waals surface area contributed by atoms with E-state index in [2.05, 4.69) is 22.5 Å². The molecule has 0 aromatic heterocycles. The van der Waals surface area contributed by atoms with Gasteiger partial charge < -0.3 is 18.1 Å². The summed E-state index contributed by atoms with van der Waals surface area (Å²) >= 11 is 14.0. The molecule has 0 spiro atoms. The van der Waals surface area contributed by atoms with Crippen LogP contribution in [0.15, 0.2) is 59.5 Å². The molecule has 4 nitrogen and oxygen atoms in total. The van der Waals surface area contributed by atoms with Crippen molar-refractivity contribution in [3.8, 4) is 5.75 Å². The Kier molecular flexibility index (Phi) is 8.94. The van der Waals surface area contributed by atoms with Crippen LogP contribution in [0.25, 0.3) is 10.8 Å². The summed E-state index contributed by atoms with van der Waals surface area (Å²) in [6.07, 6.45) is 0.585. The highest BCUT2D eigenvalue weighted by Gasteiger charge is 2.21. The highest BCUT2D eigenvalue weighted by Crippen LogP contribution is 2.46. The molecule has 8 heteroatoms. The minimum absolute atomic E-state index is 0.585. The standard InChI is InChI=1S/C22H24Cl2NO3PS/c1-4-27-29(28-5-2)15-25(30-18-13-16(23)12-17(24)14-18)21-10-11-22(26-3)20-9-7-6-8-19(20)21/h6-14H,4-5,15H2,1-3H3. The number of benzene rings is 3. The molecule has 0 heterocycles. The Morgan fingerprint density at radius 3 is 2.13 bits per heavy atom. The first-order valence-electron chi connectivity index (χ1n) is 9.56. The van der Waals surface area contributed by atoms with Gasteiger partial charge in [0.25, 0.3) is 0 Å². The summed E-state index contributed by atoms with van der Waals surface area (Å²) in [5.74, 6) is 0.835. The lowest BCUT2D eigenvalue weighted by Crippen LogP contribution is -2.17. The predicted octanol–water partition coefficient (Wildman–Crippen LogP) is 8.01. The van der Waals surface area contributed by atoms with Gasteiger partial charge in [0, 0.05) is 25.7 Å². The van der Waals surface area contributed by atoms with Gasteiger partial charge in [-0.3, -0.25) is 0 Å². The van der Waals surface area contributed by atoms with Crippen molar-refractivity contribution in [1.82, 2.24) is 0 Å². The van der Waals surface area contributed by atoms with Crippen molar-refractivity contribution in [3.63, 3.8) is 0 Å². The first kappa shape index (κ1) is 23.5. The monoisotopic (exact) mass is 483 g/mol. The lowest BCUT2D eigenvalue weighted by atomic mass is 10.1. The number of anilines is 1. The zero-order valence-corrected chi connectivity index (χ0v) is 20.3. The van der Waals surface area contributed by atoms with Crippen molar-refractivity contribution in [1.29, 1.82) is 0 Å². The summed E-state index contributed by atoms with van der Waals surface area (Å²) in [7, 11) is 0.592. The highest BCUT2D eigenvalue weighted by molar-refractivity contribution is 8.01. The molecule has 3 aromatic rings. The van der Waals surface area contributed by atoms with E-state index < -0.39 is 8.38 Å². The average Bonchev–Trinajstić information content (AvgIpc) is 2.72. The lowest BCUT2D eigenvalue weighted by Gasteiger charge is -2.28. The van der Waals surface area contributed by atoms with E-state index >= 15 is 0 Å². The topological polar surface area (TPSA) is 30.9 Å². The third-order valence-electron chi connectivity index (χ3n) is 4.19. The fraction of sp³-hybridized carbons (Fsp3) is 0.273. The van der Waals surface area contributed by atoms with Crippen molar-refractivity contribution in [2.45, 2.75) is 18.7 Å². The SMILES string of the molecule is CCOP(CN(Sc1cc(Cl)cc(Cl)c1)c1ccc(OC)c2ccccc12)OCC. The van der Waals surface area contributed by atoms with Gasteiger partial charge in [-0.1, -0.05) is 47.5 Å². The van der Waals surface area contributed by atoms with Crippen LogP contribution >= 0.6 is 43.5 Å². The number of methoxy groups -OCH3 is 1. The fourth-order valence-corrected chi connectivity index (χ4v) is 6.24. The molecule has 0 aliphatic heterocycles. The second kappa shape index (κ2) is 11.4. The van der Waals surface area contributed by atoms with Gasteiger partial charge in [0.05, 0.1) is 32.3 Å². The number of rotatable bonds is 10. The predicted molar refractivity (Wildman–Crippen MR) is 130 cm³/mol. The van der Waals surface area contributed by atoms with Crippen molar-refractivity contribution >= 4 is 60.0 Å². The van der Waals surface area contributed by atoms with Crippen molar-refractivity contribution < 1.29 is 13.8 Å². The van der Waals surface area contributed by atoms with E-state index in [4.69, 9.17) is 37.0 Å². The van der Waals surface area contributed by atoms with E-state index in [1.54, 1.807) is 25.1 Å². The summed E-state index contributed by atoms with van der Waals surface area (Å²) in [5, 5.41) is 3.33. The number of fused-ring (bicyclic) bond motifs is 1. The molecule has 3 aromatic carbocycles. The molecule has 0 saturated carbocycles. The van der Waals surface area contributed by atoms with Crippen molar-refractivity contribution in [3.05, 3.63) is 64.6 Å². The maximum absolute atomic E-state index is 6.24. The Morgan fingerprint density at radius 2 is 1.53 bits per heavy atom. The van der Waals surface area contributed by atoms with E-state index in [9.17, 15) is 0 Å². The third-order valence-corrected chi connectivity index (χ3v) is 7.42. The van der Waals surface area contributed by atoms with Gasteiger partial charge in [0.1, 0.15) is 5.75 Å². The second-order valence-electron chi connectivity index (χ2n) is 6.22. The Bertz CT molecular complexity index is 966. The van der Waals surface area contributed by atoms with Crippen molar-refractivity contribution in [2.24, 2.45) is 0 Å². The first-order valence-corrected chi connectivity index (χ1v) is 12.5. The summed E-state index contributed by atoms with van der Waals surface area (Å²) in [6.45, 7) is 5.14. The average molecular weight is 484 g/mol. The van der Waals surface area contributed by atoms with E-state index in [1.807, 2.05) is 44.2 Å². The summed E-state index contributed by atoms with van der Waals surface area (Å²) in [4.78, 5) is 0.940. The smallest absolute Gasteiger partial charge is 0.192 e. The Hall–Kier alpha value is -1.20. The molecule has 0 saturated heterocycles. The summed E-state index contributed by atoms with van der Waals surface area (Å²) < 4.78 is 19.5. The molecule has 0 atom stereocenters. The molecule has 160 valence electrons. The zero-order valence-electron chi connectivity index (χ0n) is 17.1. The van der Waals surface area contributed by atoms with E-state index in [0.717, 1.165) is 27.1 Å². The van der Waals surface area contributed by atoms with Crippen LogP contribution in [0.3, 0.4) is 0 Å².